The van der Waals surface area contributed by atoms with Crippen LogP contribution in [0.3, 0.4) is 0 Å². The molecule has 0 saturated heterocycles. The Morgan fingerprint density at radius 3 is 2.63 bits per heavy atom. The van der Waals surface area contributed by atoms with E-state index in [1.807, 2.05) is 13.8 Å². The highest BCUT2D eigenvalue weighted by Crippen LogP contribution is 2.22. The Balaban J connectivity index is 2.58. The molecule has 1 amide bonds. The molecule has 0 radical (unpaired) electrons. The summed E-state index contributed by atoms with van der Waals surface area (Å²) in [6, 6.07) is 4.80. The van der Waals surface area contributed by atoms with Gasteiger partial charge in [0, 0.05) is 18.2 Å². The molecule has 0 aliphatic carbocycles. The van der Waals surface area contributed by atoms with Gasteiger partial charge < -0.3 is 20.5 Å². The zero-order valence-corrected chi connectivity index (χ0v) is 11.9. The predicted octanol–water partition coefficient (Wildman–Crippen LogP) is 1.40. The lowest BCUT2D eigenvalue weighted by molar-refractivity contribution is -0.123. The van der Waals surface area contributed by atoms with Crippen molar-refractivity contribution in [2.75, 3.05) is 7.11 Å². The fraction of sp³-hybridized carbons (Fsp3) is 0.500. The van der Waals surface area contributed by atoms with Crippen LogP contribution in [-0.4, -0.2) is 30.2 Å². The molecule has 0 fully saturated rings. The number of carbonyl (C=O) groups excluding carboxylic acids is 1. The Labute approximate surface area is 114 Å². The van der Waals surface area contributed by atoms with Crippen LogP contribution in [0.2, 0.25) is 0 Å². The average molecular weight is 266 g/mol. The fourth-order valence-electron chi connectivity index (χ4n) is 1.60. The number of rotatable bonds is 6. The maximum Gasteiger partial charge on any atom is 0.237 e. The summed E-state index contributed by atoms with van der Waals surface area (Å²) in [4.78, 5) is 11.7. The smallest absolute Gasteiger partial charge is 0.237 e. The molecule has 1 atom stereocenters. The third kappa shape index (κ3) is 4.79. The molecule has 106 valence electrons. The number of hydrogen-bond acceptors (Lipinski definition) is 4. The van der Waals surface area contributed by atoms with Crippen LogP contribution < -0.4 is 15.4 Å². The molecule has 0 spiro atoms. The van der Waals surface area contributed by atoms with E-state index in [0.29, 0.717) is 17.9 Å². The summed E-state index contributed by atoms with van der Waals surface area (Å²) >= 11 is 0. The van der Waals surface area contributed by atoms with Gasteiger partial charge in [-0.2, -0.15) is 0 Å². The first kappa shape index (κ1) is 15.3. The monoisotopic (exact) mass is 266 g/mol. The van der Waals surface area contributed by atoms with Crippen molar-refractivity contribution in [3.8, 4) is 11.5 Å². The minimum absolute atomic E-state index is 0.0580. The number of aromatic hydroxyl groups is 1. The Hall–Kier alpha value is -1.75. The van der Waals surface area contributed by atoms with Crippen LogP contribution in [0.4, 0.5) is 0 Å². The minimum atomic E-state index is -0.326. The van der Waals surface area contributed by atoms with Crippen LogP contribution in [0.25, 0.3) is 0 Å². The first-order valence-electron chi connectivity index (χ1n) is 6.33. The molecule has 19 heavy (non-hydrogen) atoms. The lowest BCUT2D eigenvalue weighted by atomic mass is 10.1. The van der Waals surface area contributed by atoms with Crippen molar-refractivity contribution in [2.45, 2.75) is 39.4 Å². The van der Waals surface area contributed by atoms with Gasteiger partial charge in [0.05, 0.1) is 13.2 Å². The van der Waals surface area contributed by atoms with Gasteiger partial charge in [0.1, 0.15) is 11.5 Å². The van der Waals surface area contributed by atoms with Gasteiger partial charge >= 0.3 is 0 Å². The first-order chi connectivity index (χ1) is 8.93. The van der Waals surface area contributed by atoms with E-state index in [1.165, 1.54) is 0 Å². The standard InChI is InChI=1S/C14H22N2O3/c1-9(2)16-14(18)10(3)15-8-11-7-12(19-4)5-6-13(11)17/h5-7,9-10,15,17H,8H2,1-4H3,(H,16,18). The second-order valence-electron chi connectivity index (χ2n) is 4.76. The number of phenolic OH excluding ortho intramolecular Hbond substituents is 1. The molecule has 0 aliphatic rings. The van der Waals surface area contributed by atoms with Crippen molar-refractivity contribution >= 4 is 5.91 Å². The van der Waals surface area contributed by atoms with Gasteiger partial charge in [-0.05, 0) is 39.0 Å². The highest BCUT2D eigenvalue weighted by molar-refractivity contribution is 5.81. The van der Waals surface area contributed by atoms with E-state index < -0.39 is 0 Å². The highest BCUT2D eigenvalue weighted by atomic mass is 16.5. The second-order valence-corrected chi connectivity index (χ2v) is 4.76. The third-order valence-corrected chi connectivity index (χ3v) is 2.71. The summed E-state index contributed by atoms with van der Waals surface area (Å²) in [6.45, 7) is 6.02. The second kappa shape index (κ2) is 6.99. The van der Waals surface area contributed by atoms with Gasteiger partial charge in [0.2, 0.25) is 5.91 Å². The third-order valence-electron chi connectivity index (χ3n) is 2.71. The first-order valence-corrected chi connectivity index (χ1v) is 6.33. The number of methoxy groups -OCH3 is 1. The van der Waals surface area contributed by atoms with Crippen LogP contribution in [-0.2, 0) is 11.3 Å². The molecule has 3 N–H and O–H groups in total. The largest absolute Gasteiger partial charge is 0.508 e. The molecule has 5 heteroatoms. The van der Waals surface area contributed by atoms with Crippen LogP contribution >= 0.6 is 0 Å². The SMILES string of the molecule is COc1ccc(O)c(CNC(C)C(=O)NC(C)C)c1. The van der Waals surface area contributed by atoms with Crippen molar-refractivity contribution in [1.29, 1.82) is 0 Å². The molecule has 0 aliphatic heterocycles. The number of ether oxygens (including phenoxy) is 1. The number of nitrogens with one attached hydrogen (secondary N) is 2. The molecule has 1 aromatic carbocycles. The Morgan fingerprint density at radius 2 is 2.05 bits per heavy atom. The van der Waals surface area contributed by atoms with Crippen molar-refractivity contribution < 1.29 is 14.6 Å². The Kier molecular flexibility index (Phi) is 5.63. The van der Waals surface area contributed by atoms with E-state index >= 15 is 0 Å². The van der Waals surface area contributed by atoms with Gasteiger partial charge in [-0.15, -0.1) is 0 Å². The molecular weight excluding hydrogens is 244 g/mol. The number of benzene rings is 1. The number of carbonyl (C=O) groups is 1. The van der Waals surface area contributed by atoms with Crippen LogP contribution in [0.15, 0.2) is 18.2 Å². The van der Waals surface area contributed by atoms with Gasteiger partial charge in [-0.25, -0.2) is 0 Å². The molecule has 1 unspecified atom stereocenters. The van der Waals surface area contributed by atoms with Crippen molar-refractivity contribution in [3.63, 3.8) is 0 Å². The van der Waals surface area contributed by atoms with Gasteiger partial charge in [0.25, 0.3) is 0 Å². The topological polar surface area (TPSA) is 70.6 Å². The van der Waals surface area contributed by atoms with Gasteiger partial charge in [-0.1, -0.05) is 0 Å². The highest BCUT2D eigenvalue weighted by Gasteiger charge is 2.13. The number of amides is 1. The number of phenols is 1. The average Bonchev–Trinajstić information content (AvgIpc) is 2.36. The van der Waals surface area contributed by atoms with E-state index in [9.17, 15) is 9.90 Å². The molecular formula is C14H22N2O3. The molecule has 5 nitrogen and oxygen atoms in total. The van der Waals surface area contributed by atoms with Crippen LogP contribution in [0.1, 0.15) is 26.3 Å². The van der Waals surface area contributed by atoms with Crippen molar-refractivity contribution in [3.05, 3.63) is 23.8 Å². The Bertz CT molecular complexity index is 433. The van der Waals surface area contributed by atoms with Gasteiger partial charge in [-0.3, -0.25) is 4.79 Å². The summed E-state index contributed by atoms with van der Waals surface area (Å²) in [5.74, 6) is 0.802. The van der Waals surface area contributed by atoms with E-state index in [-0.39, 0.29) is 23.7 Å². The molecule has 0 saturated carbocycles. The predicted molar refractivity (Wildman–Crippen MR) is 74.2 cm³/mol. The zero-order valence-electron chi connectivity index (χ0n) is 11.9. The maximum absolute atomic E-state index is 11.7. The molecule has 0 heterocycles. The maximum atomic E-state index is 11.7. The normalized spacial score (nSPS) is 12.3. The minimum Gasteiger partial charge on any atom is -0.508 e. The Morgan fingerprint density at radius 1 is 1.37 bits per heavy atom. The van der Waals surface area contributed by atoms with E-state index in [1.54, 1.807) is 32.2 Å². The lowest BCUT2D eigenvalue weighted by Gasteiger charge is -2.16. The lowest BCUT2D eigenvalue weighted by Crippen LogP contribution is -2.44. The molecule has 0 aromatic heterocycles. The summed E-state index contributed by atoms with van der Waals surface area (Å²) in [7, 11) is 1.57. The van der Waals surface area contributed by atoms with Crippen molar-refractivity contribution in [2.24, 2.45) is 0 Å². The number of hydrogen-bond donors (Lipinski definition) is 3. The molecule has 1 rings (SSSR count). The summed E-state index contributed by atoms with van der Waals surface area (Å²) < 4.78 is 5.10. The molecule has 0 bridgehead atoms. The van der Waals surface area contributed by atoms with Crippen LogP contribution in [0.5, 0.6) is 11.5 Å². The summed E-state index contributed by atoms with van der Waals surface area (Å²) in [6.07, 6.45) is 0. The van der Waals surface area contributed by atoms with E-state index in [0.717, 1.165) is 0 Å². The van der Waals surface area contributed by atoms with Crippen LogP contribution in [0, 0.1) is 0 Å². The van der Waals surface area contributed by atoms with E-state index in [4.69, 9.17) is 4.74 Å². The fourth-order valence-corrected chi connectivity index (χ4v) is 1.60. The zero-order chi connectivity index (χ0) is 14.4. The van der Waals surface area contributed by atoms with Crippen molar-refractivity contribution in [1.82, 2.24) is 10.6 Å². The molecule has 1 aromatic rings. The van der Waals surface area contributed by atoms with E-state index in [2.05, 4.69) is 10.6 Å². The van der Waals surface area contributed by atoms with Gasteiger partial charge in [0.15, 0.2) is 0 Å². The summed E-state index contributed by atoms with van der Waals surface area (Å²) in [5.41, 5.74) is 0.698. The quantitative estimate of drug-likeness (QED) is 0.728. The summed E-state index contributed by atoms with van der Waals surface area (Å²) in [5, 5.41) is 15.6.